The first kappa shape index (κ1) is 15.4. The van der Waals surface area contributed by atoms with Gasteiger partial charge in [-0.25, -0.2) is 0 Å². The van der Waals surface area contributed by atoms with E-state index in [9.17, 15) is 0 Å². The van der Waals surface area contributed by atoms with E-state index < -0.39 is 0 Å². The molecule has 0 aliphatic carbocycles. The number of benzene rings is 1. The predicted molar refractivity (Wildman–Crippen MR) is 82.6 cm³/mol. The standard InChI is InChI=1S/C16H23N3O2/c1-6-20-13-9-7-12(8-10-13)17-11(2)14-18-15(19-21-14)16(3,4)5/h7-11,17H,6H2,1-5H3. The predicted octanol–water partition coefficient (Wildman–Crippen LogP) is 3.94. The molecule has 0 amide bonds. The SMILES string of the molecule is CCOc1ccc(NC(C)c2nc(C(C)(C)C)no2)cc1. The molecule has 2 aromatic rings. The molecule has 21 heavy (non-hydrogen) atoms. The Morgan fingerprint density at radius 3 is 2.43 bits per heavy atom. The highest BCUT2D eigenvalue weighted by Gasteiger charge is 2.23. The number of anilines is 1. The van der Waals surface area contributed by atoms with Crippen LogP contribution in [0.15, 0.2) is 28.8 Å². The summed E-state index contributed by atoms with van der Waals surface area (Å²) in [7, 11) is 0. The Morgan fingerprint density at radius 2 is 1.90 bits per heavy atom. The number of nitrogens with zero attached hydrogens (tertiary/aromatic N) is 2. The first-order valence-electron chi connectivity index (χ1n) is 7.23. The summed E-state index contributed by atoms with van der Waals surface area (Å²) in [4.78, 5) is 4.46. The molecule has 0 spiro atoms. The second-order valence-corrected chi connectivity index (χ2v) is 6.03. The second kappa shape index (κ2) is 6.16. The summed E-state index contributed by atoms with van der Waals surface area (Å²) in [6.45, 7) is 10.8. The van der Waals surface area contributed by atoms with Crippen molar-refractivity contribution in [1.82, 2.24) is 10.1 Å². The van der Waals surface area contributed by atoms with E-state index in [1.165, 1.54) is 0 Å². The van der Waals surface area contributed by atoms with E-state index in [1.807, 2.05) is 38.1 Å². The van der Waals surface area contributed by atoms with E-state index in [1.54, 1.807) is 0 Å². The van der Waals surface area contributed by atoms with Crippen molar-refractivity contribution in [2.24, 2.45) is 0 Å². The highest BCUT2D eigenvalue weighted by molar-refractivity contribution is 5.47. The highest BCUT2D eigenvalue weighted by atomic mass is 16.5. The van der Waals surface area contributed by atoms with Crippen LogP contribution in [-0.2, 0) is 5.41 Å². The summed E-state index contributed by atoms with van der Waals surface area (Å²) in [5, 5.41) is 7.38. The molecule has 5 heteroatoms. The summed E-state index contributed by atoms with van der Waals surface area (Å²) in [5.74, 6) is 2.18. The third-order valence-corrected chi connectivity index (χ3v) is 3.03. The van der Waals surface area contributed by atoms with Gasteiger partial charge in [-0.2, -0.15) is 4.98 Å². The number of aromatic nitrogens is 2. The van der Waals surface area contributed by atoms with Gasteiger partial charge in [-0.05, 0) is 38.1 Å². The molecule has 1 N–H and O–H groups in total. The van der Waals surface area contributed by atoms with Crippen LogP contribution in [0.5, 0.6) is 5.75 Å². The molecule has 0 saturated heterocycles. The van der Waals surface area contributed by atoms with Crippen molar-refractivity contribution < 1.29 is 9.26 Å². The second-order valence-electron chi connectivity index (χ2n) is 6.03. The number of hydrogen-bond acceptors (Lipinski definition) is 5. The van der Waals surface area contributed by atoms with E-state index in [0.717, 1.165) is 17.3 Å². The third-order valence-electron chi connectivity index (χ3n) is 3.03. The van der Waals surface area contributed by atoms with Gasteiger partial charge in [-0.15, -0.1) is 0 Å². The van der Waals surface area contributed by atoms with Crippen molar-refractivity contribution in [2.75, 3.05) is 11.9 Å². The Balaban J connectivity index is 2.03. The molecule has 1 atom stereocenters. The van der Waals surface area contributed by atoms with Gasteiger partial charge in [0.25, 0.3) is 0 Å². The molecule has 5 nitrogen and oxygen atoms in total. The first-order valence-corrected chi connectivity index (χ1v) is 7.23. The van der Waals surface area contributed by atoms with Crippen molar-refractivity contribution in [1.29, 1.82) is 0 Å². The Kier molecular flexibility index (Phi) is 4.50. The Morgan fingerprint density at radius 1 is 1.24 bits per heavy atom. The van der Waals surface area contributed by atoms with Gasteiger partial charge in [0.15, 0.2) is 5.82 Å². The molecule has 0 aliphatic rings. The van der Waals surface area contributed by atoms with Gasteiger partial charge in [-0.3, -0.25) is 0 Å². The van der Waals surface area contributed by atoms with Crippen LogP contribution in [0.2, 0.25) is 0 Å². The van der Waals surface area contributed by atoms with Crippen LogP contribution in [0.1, 0.15) is 52.4 Å². The minimum absolute atomic E-state index is 0.0495. The number of rotatable bonds is 5. The minimum Gasteiger partial charge on any atom is -0.494 e. The van der Waals surface area contributed by atoms with E-state index in [-0.39, 0.29) is 11.5 Å². The van der Waals surface area contributed by atoms with Gasteiger partial charge in [0, 0.05) is 11.1 Å². The van der Waals surface area contributed by atoms with Crippen LogP contribution in [-0.4, -0.2) is 16.7 Å². The van der Waals surface area contributed by atoms with Gasteiger partial charge in [-0.1, -0.05) is 25.9 Å². The zero-order valence-corrected chi connectivity index (χ0v) is 13.3. The summed E-state index contributed by atoms with van der Waals surface area (Å²) in [6, 6.07) is 7.77. The zero-order valence-electron chi connectivity index (χ0n) is 13.3. The summed E-state index contributed by atoms with van der Waals surface area (Å²) < 4.78 is 10.8. The van der Waals surface area contributed by atoms with Gasteiger partial charge in [0.05, 0.1) is 6.61 Å². The van der Waals surface area contributed by atoms with Crippen molar-refractivity contribution in [3.8, 4) is 5.75 Å². The van der Waals surface area contributed by atoms with Crippen LogP contribution in [0, 0.1) is 0 Å². The lowest BCUT2D eigenvalue weighted by molar-refractivity contribution is 0.340. The smallest absolute Gasteiger partial charge is 0.248 e. The highest BCUT2D eigenvalue weighted by Crippen LogP contribution is 2.24. The fraction of sp³-hybridized carbons (Fsp3) is 0.500. The molecule has 2 rings (SSSR count). The van der Waals surface area contributed by atoms with Crippen LogP contribution >= 0.6 is 0 Å². The molecule has 1 aromatic carbocycles. The van der Waals surface area contributed by atoms with Crippen LogP contribution in [0.4, 0.5) is 5.69 Å². The monoisotopic (exact) mass is 289 g/mol. The molecule has 0 aliphatic heterocycles. The van der Waals surface area contributed by atoms with E-state index in [0.29, 0.717) is 12.5 Å². The van der Waals surface area contributed by atoms with E-state index in [4.69, 9.17) is 9.26 Å². The van der Waals surface area contributed by atoms with Gasteiger partial charge in [0.1, 0.15) is 11.8 Å². The normalized spacial score (nSPS) is 13.0. The molecular weight excluding hydrogens is 266 g/mol. The quantitative estimate of drug-likeness (QED) is 0.903. The lowest BCUT2D eigenvalue weighted by atomic mass is 9.96. The van der Waals surface area contributed by atoms with Gasteiger partial charge in [0.2, 0.25) is 5.89 Å². The van der Waals surface area contributed by atoms with Crippen molar-refractivity contribution in [3.05, 3.63) is 36.0 Å². The molecule has 1 aromatic heterocycles. The fourth-order valence-electron chi connectivity index (χ4n) is 1.84. The van der Waals surface area contributed by atoms with Crippen LogP contribution in [0.25, 0.3) is 0 Å². The average molecular weight is 289 g/mol. The summed E-state index contributed by atoms with van der Waals surface area (Å²) >= 11 is 0. The maximum Gasteiger partial charge on any atom is 0.248 e. The maximum absolute atomic E-state index is 5.42. The van der Waals surface area contributed by atoms with E-state index in [2.05, 4.69) is 36.2 Å². The molecule has 0 radical (unpaired) electrons. The first-order chi connectivity index (χ1) is 9.90. The Hall–Kier alpha value is -2.04. The van der Waals surface area contributed by atoms with E-state index >= 15 is 0 Å². The lowest BCUT2D eigenvalue weighted by Gasteiger charge is -2.13. The number of hydrogen-bond donors (Lipinski definition) is 1. The molecule has 114 valence electrons. The van der Waals surface area contributed by atoms with Crippen LogP contribution < -0.4 is 10.1 Å². The average Bonchev–Trinajstić information content (AvgIpc) is 2.91. The topological polar surface area (TPSA) is 60.2 Å². The van der Waals surface area contributed by atoms with Gasteiger partial charge < -0.3 is 14.6 Å². The van der Waals surface area contributed by atoms with Crippen molar-refractivity contribution >= 4 is 5.69 Å². The Bertz CT molecular complexity index is 570. The Labute approximate surface area is 125 Å². The van der Waals surface area contributed by atoms with Crippen molar-refractivity contribution in [2.45, 2.75) is 46.1 Å². The summed E-state index contributed by atoms with van der Waals surface area (Å²) in [6.07, 6.45) is 0. The lowest BCUT2D eigenvalue weighted by Crippen LogP contribution is -2.14. The molecule has 0 saturated carbocycles. The maximum atomic E-state index is 5.42. The molecule has 0 fully saturated rings. The van der Waals surface area contributed by atoms with Crippen LogP contribution in [0.3, 0.4) is 0 Å². The summed E-state index contributed by atoms with van der Waals surface area (Å²) in [5.41, 5.74) is 0.877. The fourth-order valence-corrected chi connectivity index (χ4v) is 1.84. The van der Waals surface area contributed by atoms with Crippen molar-refractivity contribution in [3.63, 3.8) is 0 Å². The number of ether oxygens (including phenoxy) is 1. The number of nitrogens with one attached hydrogen (secondary N) is 1. The molecule has 1 heterocycles. The zero-order chi connectivity index (χ0) is 15.5. The molecule has 0 bridgehead atoms. The minimum atomic E-state index is -0.111. The van der Waals surface area contributed by atoms with Gasteiger partial charge >= 0.3 is 0 Å². The molecule has 1 unspecified atom stereocenters. The molecular formula is C16H23N3O2. The third kappa shape index (κ3) is 3.97. The largest absolute Gasteiger partial charge is 0.494 e.